The molecule has 0 saturated carbocycles. The molecule has 1 N–H and O–H groups in total. The van der Waals surface area contributed by atoms with Gasteiger partial charge in [0, 0.05) is 32.7 Å². The Morgan fingerprint density at radius 2 is 1.63 bits per heavy atom. The van der Waals surface area contributed by atoms with Crippen LogP contribution in [0, 0.1) is 11.6 Å². The number of carbonyl (C=O) groups excluding carboxylic acids is 1. The molecule has 6 nitrogen and oxygen atoms in total. The van der Waals surface area contributed by atoms with Crippen LogP contribution in [0.1, 0.15) is 6.92 Å². The second kappa shape index (κ2) is 10.4. The topological polar surface area (TPSA) is 54.0 Å². The Labute approximate surface area is 175 Å². The molecule has 0 bridgehead atoms. The average molecular weight is 419 g/mol. The van der Waals surface area contributed by atoms with Gasteiger partial charge in [-0.05, 0) is 43.3 Å². The van der Waals surface area contributed by atoms with Crippen molar-refractivity contribution in [2.24, 2.45) is 0 Å². The molecular weight excluding hydrogens is 392 g/mol. The minimum Gasteiger partial charge on any atom is -0.497 e. The van der Waals surface area contributed by atoms with Crippen LogP contribution in [0.5, 0.6) is 11.5 Å². The van der Waals surface area contributed by atoms with E-state index in [2.05, 4.69) is 10.2 Å². The van der Waals surface area contributed by atoms with Gasteiger partial charge in [0.2, 0.25) is 5.91 Å². The maximum Gasteiger partial charge on any atom is 0.241 e. The molecule has 8 heteroatoms. The van der Waals surface area contributed by atoms with Crippen molar-refractivity contribution in [2.75, 3.05) is 51.8 Å². The second-order valence-electron chi connectivity index (χ2n) is 7.16. The molecule has 1 aliphatic rings. The van der Waals surface area contributed by atoms with Crippen molar-refractivity contribution in [3.8, 4) is 11.5 Å². The van der Waals surface area contributed by atoms with E-state index in [1.807, 2.05) is 29.2 Å². The molecular formula is C22H27F2N3O3. The van der Waals surface area contributed by atoms with Crippen molar-refractivity contribution in [3.63, 3.8) is 0 Å². The largest absolute Gasteiger partial charge is 0.497 e. The highest BCUT2D eigenvalue weighted by atomic mass is 19.1. The van der Waals surface area contributed by atoms with Gasteiger partial charge in [0.15, 0.2) is 0 Å². The lowest BCUT2D eigenvalue weighted by Crippen LogP contribution is -2.53. The Morgan fingerprint density at radius 3 is 2.23 bits per heavy atom. The molecule has 2 aromatic rings. The smallest absolute Gasteiger partial charge is 0.241 e. The van der Waals surface area contributed by atoms with Gasteiger partial charge in [0.05, 0.1) is 13.2 Å². The molecule has 1 fully saturated rings. The van der Waals surface area contributed by atoms with Crippen LogP contribution < -0.4 is 14.8 Å². The SMILES string of the molecule is COc1ccc(OCCN2CCN([C@@H](C)C(=O)Nc3c(F)cccc3F)CC2)cc1. The number of hydrogen-bond donors (Lipinski definition) is 1. The first kappa shape index (κ1) is 22.0. The van der Waals surface area contributed by atoms with E-state index in [1.165, 1.54) is 6.07 Å². The number of anilines is 1. The summed E-state index contributed by atoms with van der Waals surface area (Å²) in [5.41, 5.74) is -0.399. The number of carbonyl (C=O) groups is 1. The maximum atomic E-state index is 13.8. The van der Waals surface area contributed by atoms with E-state index in [9.17, 15) is 13.6 Å². The molecule has 0 aromatic heterocycles. The summed E-state index contributed by atoms with van der Waals surface area (Å²) in [6, 6.07) is 10.5. The van der Waals surface area contributed by atoms with Crippen LogP contribution in [0.4, 0.5) is 14.5 Å². The van der Waals surface area contributed by atoms with Crippen molar-refractivity contribution < 1.29 is 23.0 Å². The molecule has 30 heavy (non-hydrogen) atoms. The zero-order valence-corrected chi connectivity index (χ0v) is 17.2. The molecule has 0 spiro atoms. The molecule has 1 saturated heterocycles. The summed E-state index contributed by atoms with van der Waals surface area (Å²) in [5.74, 6) is -0.403. The highest BCUT2D eigenvalue weighted by Crippen LogP contribution is 2.19. The Bertz CT molecular complexity index is 820. The second-order valence-corrected chi connectivity index (χ2v) is 7.16. The molecule has 0 unspecified atom stereocenters. The summed E-state index contributed by atoms with van der Waals surface area (Å²) < 4.78 is 38.4. The number of halogens is 2. The average Bonchev–Trinajstić information content (AvgIpc) is 2.76. The van der Waals surface area contributed by atoms with E-state index in [-0.39, 0.29) is 0 Å². The molecule has 1 aliphatic heterocycles. The van der Waals surface area contributed by atoms with Crippen molar-refractivity contribution in [3.05, 3.63) is 54.1 Å². The van der Waals surface area contributed by atoms with Crippen LogP contribution in [-0.2, 0) is 4.79 Å². The van der Waals surface area contributed by atoms with Crippen molar-refractivity contribution in [1.82, 2.24) is 9.80 Å². The van der Waals surface area contributed by atoms with Gasteiger partial charge < -0.3 is 14.8 Å². The van der Waals surface area contributed by atoms with Gasteiger partial charge in [-0.3, -0.25) is 14.6 Å². The molecule has 0 aliphatic carbocycles. The van der Waals surface area contributed by atoms with E-state index in [0.29, 0.717) is 19.7 Å². The fourth-order valence-corrected chi connectivity index (χ4v) is 3.35. The number of rotatable bonds is 8. The standard InChI is InChI=1S/C22H27F2N3O3/c1-16(22(28)25-21-19(23)4-3-5-20(21)24)27-12-10-26(11-13-27)14-15-30-18-8-6-17(29-2)7-9-18/h3-9,16H,10-15H2,1-2H3,(H,25,28)/t16-/m0/s1. The third kappa shape index (κ3) is 5.67. The lowest BCUT2D eigenvalue weighted by atomic mass is 10.2. The lowest BCUT2D eigenvalue weighted by molar-refractivity contribution is -0.121. The number of ether oxygens (including phenoxy) is 2. The van der Waals surface area contributed by atoms with Gasteiger partial charge in [0.1, 0.15) is 35.4 Å². The number of piperazine rings is 1. The molecule has 1 heterocycles. The van der Waals surface area contributed by atoms with Gasteiger partial charge in [0.25, 0.3) is 0 Å². The number of benzene rings is 2. The monoisotopic (exact) mass is 419 g/mol. The van der Waals surface area contributed by atoms with Crippen LogP contribution in [0.15, 0.2) is 42.5 Å². The van der Waals surface area contributed by atoms with Gasteiger partial charge in [-0.2, -0.15) is 0 Å². The summed E-state index contributed by atoms with van der Waals surface area (Å²) in [6.45, 7) is 6.05. The normalized spacial score (nSPS) is 16.1. The minimum atomic E-state index is -0.780. The first-order chi connectivity index (χ1) is 14.5. The fraction of sp³-hybridized carbons (Fsp3) is 0.409. The third-order valence-corrected chi connectivity index (χ3v) is 5.28. The van der Waals surface area contributed by atoms with Crippen molar-refractivity contribution in [1.29, 1.82) is 0 Å². The Balaban J connectivity index is 1.41. The summed E-state index contributed by atoms with van der Waals surface area (Å²) in [4.78, 5) is 16.7. The van der Waals surface area contributed by atoms with Gasteiger partial charge >= 0.3 is 0 Å². The highest BCUT2D eigenvalue weighted by molar-refractivity contribution is 5.94. The number of nitrogens with zero attached hydrogens (tertiary/aromatic N) is 2. The van der Waals surface area contributed by atoms with Crippen molar-refractivity contribution in [2.45, 2.75) is 13.0 Å². The van der Waals surface area contributed by atoms with E-state index in [1.54, 1.807) is 14.0 Å². The minimum absolute atomic E-state index is 0.399. The lowest BCUT2D eigenvalue weighted by Gasteiger charge is -2.37. The Morgan fingerprint density at radius 1 is 1.03 bits per heavy atom. The predicted molar refractivity (Wildman–Crippen MR) is 111 cm³/mol. The number of para-hydroxylation sites is 1. The van der Waals surface area contributed by atoms with E-state index >= 15 is 0 Å². The summed E-state index contributed by atoms with van der Waals surface area (Å²) in [7, 11) is 1.62. The number of amides is 1. The van der Waals surface area contributed by atoms with Gasteiger partial charge in [-0.25, -0.2) is 8.78 Å². The molecule has 1 amide bonds. The number of hydrogen-bond acceptors (Lipinski definition) is 5. The molecule has 3 rings (SSSR count). The predicted octanol–water partition coefficient (Wildman–Crippen LogP) is 3.00. The summed E-state index contributed by atoms with van der Waals surface area (Å²) in [6.07, 6.45) is 0. The number of nitrogens with one attached hydrogen (secondary N) is 1. The van der Waals surface area contributed by atoms with Gasteiger partial charge in [-0.1, -0.05) is 6.07 Å². The Hall–Kier alpha value is -2.71. The molecule has 0 radical (unpaired) electrons. The summed E-state index contributed by atoms with van der Waals surface area (Å²) >= 11 is 0. The summed E-state index contributed by atoms with van der Waals surface area (Å²) in [5, 5.41) is 2.37. The first-order valence-corrected chi connectivity index (χ1v) is 9.96. The van der Waals surface area contributed by atoms with E-state index < -0.39 is 29.3 Å². The van der Waals surface area contributed by atoms with Crippen LogP contribution in [0.25, 0.3) is 0 Å². The van der Waals surface area contributed by atoms with Crippen LogP contribution in [-0.4, -0.2) is 68.2 Å². The quantitative estimate of drug-likeness (QED) is 0.713. The van der Waals surface area contributed by atoms with Crippen LogP contribution >= 0.6 is 0 Å². The van der Waals surface area contributed by atoms with Gasteiger partial charge in [-0.15, -0.1) is 0 Å². The van der Waals surface area contributed by atoms with Crippen LogP contribution in [0.2, 0.25) is 0 Å². The zero-order valence-electron chi connectivity index (χ0n) is 17.2. The third-order valence-electron chi connectivity index (χ3n) is 5.28. The van der Waals surface area contributed by atoms with Crippen molar-refractivity contribution >= 4 is 11.6 Å². The highest BCUT2D eigenvalue weighted by Gasteiger charge is 2.26. The fourth-order valence-electron chi connectivity index (χ4n) is 3.35. The van der Waals surface area contributed by atoms with Crippen LogP contribution in [0.3, 0.4) is 0 Å². The maximum absolute atomic E-state index is 13.8. The Kier molecular flexibility index (Phi) is 7.59. The first-order valence-electron chi connectivity index (χ1n) is 9.96. The molecule has 1 atom stereocenters. The number of methoxy groups -OCH3 is 1. The van der Waals surface area contributed by atoms with E-state index in [4.69, 9.17) is 9.47 Å². The molecule has 2 aromatic carbocycles. The zero-order chi connectivity index (χ0) is 21.5. The van der Waals surface area contributed by atoms with E-state index in [0.717, 1.165) is 43.3 Å². The molecule has 162 valence electrons.